The summed E-state index contributed by atoms with van der Waals surface area (Å²) in [7, 11) is 3.24. The molecule has 9 N–H and O–H groups in total. The SMILES string of the molecule is CN(C)C(=O)Nc1cncc(-c2ccc3[nH]nc(C(=O)Nc4ccc(C(F)(F)F)cc4)c3c2)c1.O=C(Nc1ccc(C(F)(F)F)cc1)c1n[nH]c2ccc(-c3cncc(CN4CCC4)c3)cc12.O=C(Nc1ccc(C(F)(F)F)cc1)c1n[nH]c2ccc(-c3cncc(CN4CCCC4)c3)cc12.O=C(Nc1ccc(C(F)(F)F)cc1)c1n[nH]c2ccc(-c3cncc(Oc4ccccc4)c3)cc12. The second-order valence-corrected chi connectivity index (χ2v) is 31.8. The molecule has 8 aromatic heterocycles. The molecule has 2 aliphatic rings. The van der Waals surface area contributed by atoms with E-state index in [1.165, 1.54) is 78.9 Å². The highest BCUT2D eigenvalue weighted by molar-refractivity contribution is 6.15. The predicted octanol–water partition coefficient (Wildman–Crippen LogP) is 22.3. The molecule has 9 aromatic carbocycles. The molecule has 2 fully saturated rings. The number of carbonyl (C=O) groups is 5. The van der Waals surface area contributed by atoms with Gasteiger partial charge in [0.25, 0.3) is 23.6 Å². The topological polar surface area (TPSA) is 331 Å². The summed E-state index contributed by atoms with van der Waals surface area (Å²) in [5, 5.41) is 43.1. The van der Waals surface area contributed by atoms with Crippen molar-refractivity contribution < 1.29 is 81.4 Å². The van der Waals surface area contributed by atoms with Gasteiger partial charge < -0.3 is 36.2 Å². The first-order valence-electron chi connectivity index (χ1n) is 42.0. The Kier molecular flexibility index (Phi) is 27.2. The number of rotatable bonds is 19. The van der Waals surface area contributed by atoms with Crippen molar-refractivity contribution in [1.29, 1.82) is 0 Å². The normalized spacial score (nSPS) is 12.9. The second-order valence-electron chi connectivity index (χ2n) is 31.8. The number of aromatic amines is 4. The third kappa shape index (κ3) is 22.8. The molecule has 38 heteroatoms. The molecule has 136 heavy (non-hydrogen) atoms. The third-order valence-corrected chi connectivity index (χ3v) is 22.0. The van der Waals surface area contributed by atoms with Gasteiger partial charge in [0.2, 0.25) is 0 Å². The second kappa shape index (κ2) is 39.9. The van der Waals surface area contributed by atoms with Crippen molar-refractivity contribution in [3.63, 3.8) is 0 Å². The van der Waals surface area contributed by atoms with Crippen LogP contribution in [0.1, 0.15) is 94.6 Å². The van der Waals surface area contributed by atoms with Crippen LogP contribution >= 0.6 is 0 Å². The molecule has 19 rings (SSSR count). The predicted molar refractivity (Wildman–Crippen MR) is 489 cm³/mol. The highest BCUT2D eigenvalue weighted by Crippen LogP contribution is 2.38. The molecule has 0 aliphatic carbocycles. The molecular weight excluding hydrogens is 1780 g/mol. The highest BCUT2D eigenvalue weighted by Gasteiger charge is 2.34. The molecule has 2 saturated heterocycles. The number of para-hydroxylation sites is 1. The van der Waals surface area contributed by atoms with Crippen LogP contribution in [0.2, 0.25) is 0 Å². The molecule has 0 saturated carbocycles. The van der Waals surface area contributed by atoms with E-state index >= 15 is 0 Å². The number of alkyl halides is 12. The molecule has 0 bridgehead atoms. The van der Waals surface area contributed by atoms with Crippen molar-refractivity contribution in [1.82, 2.24) is 75.4 Å². The van der Waals surface area contributed by atoms with Crippen molar-refractivity contribution in [3.8, 4) is 56.0 Å². The van der Waals surface area contributed by atoms with Crippen LogP contribution in [0.25, 0.3) is 88.1 Å². The van der Waals surface area contributed by atoms with Crippen LogP contribution in [0.5, 0.6) is 11.5 Å². The number of amides is 6. The van der Waals surface area contributed by atoms with Gasteiger partial charge in [0.15, 0.2) is 22.8 Å². The van der Waals surface area contributed by atoms with Gasteiger partial charge in [-0.2, -0.15) is 73.1 Å². The Morgan fingerprint density at radius 2 is 0.618 bits per heavy atom. The van der Waals surface area contributed by atoms with Gasteiger partial charge in [0, 0.05) is 131 Å². The quantitative estimate of drug-likeness (QED) is 0.0340. The van der Waals surface area contributed by atoms with Gasteiger partial charge in [0.1, 0.15) is 11.5 Å². The number of hydrogen-bond donors (Lipinski definition) is 9. The van der Waals surface area contributed by atoms with Crippen molar-refractivity contribution in [3.05, 3.63) is 330 Å². The number of urea groups is 1. The Hall–Kier alpha value is -16.5. The Bertz CT molecular complexity index is 7200. The number of halogens is 12. The van der Waals surface area contributed by atoms with E-state index in [9.17, 15) is 76.7 Å². The van der Waals surface area contributed by atoms with Gasteiger partial charge in [-0.1, -0.05) is 42.5 Å². The maximum atomic E-state index is 12.8. The van der Waals surface area contributed by atoms with Gasteiger partial charge in [-0.3, -0.25) is 69.3 Å². The van der Waals surface area contributed by atoms with Gasteiger partial charge in [-0.25, -0.2) is 4.79 Å². The molecule has 26 nitrogen and oxygen atoms in total. The fraction of sp³-hybridized carbons (Fsp3) is 0.153. The average Bonchev–Trinajstić information content (AvgIpc) is 1.62. The summed E-state index contributed by atoms with van der Waals surface area (Å²) in [6, 6.07) is 55.8. The number of nitrogens with one attached hydrogen (secondary N) is 9. The first-order valence-corrected chi connectivity index (χ1v) is 42.0. The number of anilines is 5. The number of H-pyrrole nitrogens is 4. The third-order valence-electron chi connectivity index (χ3n) is 22.0. The summed E-state index contributed by atoms with van der Waals surface area (Å²) in [5.41, 5.74) is 10.3. The smallest absolute Gasteiger partial charge is 0.416 e. The summed E-state index contributed by atoms with van der Waals surface area (Å²) >= 11 is 0. The minimum atomic E-state index is -4.46. The number of pyridine rings is 4. The number of likely N-dealkylation sites (tertiary alicyclic amines) is 2. The summed E-state index contributed by atoms with van der Waals surface area (Å²) in [4.78, 5) is 86.5. The van der Waals surface area contributed by atoms with E-state index in [4.69, 9.17) is 4.74 Å². The number of fused-ring (bicyclic) bond motifs is 4. The molecule has 0 spiro atoms. The Morgan fingerprint density at radius 3 is 0.926 bits per heavy atom. The van der Waals surface area contributed by atoms with Crippen molar-refractivity contribution in [2.45, 2.75) is 57.1 Å². The van der Waals surface area contributed by atoms with Crippen molar-refractivity contribution in [2.75, 3.05) is 66.9 Å². The lowest BCUT2D eigenvalue weighted by Crippen LogP contribution is -2.36. The molecule has 0 radical (unpaired) electrons. The standard InChI is InChI=1S/C26H17F3N4O2.C25H22F3N5O.C24H20F3N5O.C23H19F3N6O2/c27-26(28,29)18-7-9-19(10-8-18)31-25(34)24-22-13-16(6-11-23(22)32-33-24)17-12-21(15-30-14-17)35-20-4-2-1-3-5-20;26-25(27,28)19-4-6-20(7-5-19)30-24(34)23-21-12-17(3-8-22(21)31-32-23)18-11-16(13-29-14-18)15-33-9-1-2-10-33;25-24(26,27)18-3-5-19(6-4-18)29-23(33)22-20-11-16(2-7-21(20)30-31-22)17-10-15(12-28-13-17)14-32-8-1-9-32;1-32(2)22(34)29-17-9-14(11-27-12-17)13-3-8-19-18(10-13)20(31-30-19)21(33)28-16-6-4-15(5-7-16)23(24,25)26/h1-15H,(H,31,34)(H,32,33);3-8,11-14H,1-2,9-10,15H2,(H,30,34)(H,31,32);2-7,10-13H,1,8-9,14H2,(H,29,33)(H,30,31);3-12H,1-2H3,(H,28,33)(H,29,34)(H,30,31). The van der Waals surface area contributed by atoms with Crippen molar-refractivity contribution >= 4 is 102 Å². The largest absolute Gasteiger partial charge is 0.456 e. The Balaban J connectivity index is 0.000000132. The number of benzene rings is 9. The maximum absolute atomic E-state index is 12.8. The molecule has 0 atom stereocenters. The minimum Gasteiger partial charge on any atom is -0.456 e. The fourth-order valence-electron chi connectivity index (χ4n) is 14.8. The summed E-state index contributed by atoms with van der Waals surface area (Å²) in [6.45, 7) is 6.11. The van der Waals surface area contributed by atoms with Crippen LogP contribution < -0.4 is 31.3 Å². The van der Waals surface area contributed by atoms with E-state index in [1.54, 1.807) is 75.4 Å². The Labute approximate surface area is 765 Å². The zero-order chi connectivity index (χ0) is 95.6. The number of hydrogen-bond acceptors (Lipinski definition) is 16. The van der Waals surface area contributed by atoms with Crippen LogP contribution in [0.15, 0.2) is 274 Å². The maximum Gasteiger partial charge on any atom is 0.416 e. The zero-order valence-corrected chi connectivity index (χ0v) is 71.7. The van der Waals surface area contributed by atoms with E-state index in [1.807, 2.05) is 97.3 Å². The number of carbonyl (C=O) groups excluding carboxylic acids is 5. The fourth-order valence-corrected chi connectivity index (χ4v) is 14.8. The van der Waals surface area contributed by atoms with Crippen LogP contribution in [0.4, 0.5) is 85.9 Å². The molecule has 6 amide bonds. The van der Waals surface area contributed by atoms with Crippen LogP contribution in [0.3, 0.4) is 0 Å². The summed E-state index contributed by atoms with van der Waals surface area (Å²) < 4.78 is 159. The number of nitrogens with zero attached hydrogens (tertiary/aromatic N) is 11. The molecule has 10 heterocycles. The molecular formula is C98H78F12N20O6. The van der Waals surface area contributed by atoms with E-state index < -0.39 is 70.6 Å². The summed E-state index contributed by atoms with van der Waals surface area (Å²) in [5.74, 6) is -0.909. The Morgan fingerprint density at radius 1 is 0.316 bits per heavy atom. The van der Waals surface area contributed by atoms with Crippen molar-refractivity contribution in [2.24, 2.45) is 0 Å². The van der Waals surface area contributed by atoms with Crippen LogP contribution in [0, 0.1) is 0 Å². The van der Waals surface area contributed by atoms with Gasteiger partial charge in [-0.15, -0.1) is 0 Å². The van der Waals surface area contributed by atoms with E-state index in [0.717, 1.165) is 138 Å². The minimum absolute atomic E-state index is 0.0850. The van der Waals surface area contributed by atoms with Gasteiger partial charge >= 0.3 is 30.7 Å². The monoisotopic (exact) mass is 1860 g/mol. The lowest BCUT2D eigenvalue weighted by Gasteiger charge is -2.30. The van der Waals surface area contributed by atoms with E-state index in [0.29, 0.717) is 66.4 Å². The number of ether oxygens (including phenoxy) is 1. The molecule has 2 aliphatic heterocycles. The number of aromatic nitrogens is 12. The zero-order valence-electron chi connectivity index (χ0n) is 71.7. The highest BCUT2D eigenvalue weighted by atomic mass is 19.4. The summed E-state index contributed by atoms with van der Waals surface area (Å²) in [6.07, 6.45) is -0.368. The molecule has 17 aromatic rings. The van der Waals surface area contributed by atoms with Crippen LogP contribution in [-0.4, -0.2) is 145 Å². The lowest BCUT2D eigenvalue weighted by molar-refractivity contribution is -0.138. The first-order chi connectivity index (χ1) is 65.2. The first kappa shape index (κ1) is 92.8. The van der Waals surface area contributed by atoms with Crippen LogP contribution in [-0.2, 0) is 37.8 Å². The molecule has 0 unspecified atom stereocenters. The lowest BCUT2D eigenvalue weighted by atomic mass is 10.0. The average molecular weight is 1860 g/mol. The van der Waals surface area contributed by atoms with Gasteiger partial charge in [-0.05, 0) is 261 Å². The van der Waals surface area contributed by atoms with Gasteiger partial charge in [0.05, 0.1) is 62.4 Å². The van der Waals surface area contributed by atoms with E-state index in [2.05, 4.69) is 109 Å². The van der Waals surface area contributed by atoms with E-state index in [-0.39, 0.29) is 51.6 Å². The molecule has 690 valence electrons.